The van der Waals surface area contributed by atoms with E-state index >= 15 is 0 Å². The third kappa shape index (κ3) is 5.84. The van der Waals surface area contributed by atoms with Gasteiger partial charge >= 0.3 is 6.09 Å². The summed E-state index contributed by atoms with van der Waals surface area (Å²) in [4.78, 5) is 11.0. The maximum Gasteiger partial charge on any atom is 0.405 e. The molecule has 1 amide bonds. The second-order valence-electron chi connectivity index (χ2n) is 5.91. The summed E-state index contributed by atoms with van der Waals surface area (Å²) in [6.07, 6.45) is 1.70. The Balaban J connectivity index is 2.02. The van der Waals surface area contributed by atoms with Gasteiger partial charge in [0, 0.05) is 13.1 Å². The van der Waals surface area contributed by atoms with Gasteiger partial charge in [0.2, 0.25) is 10.0 Å². The van der Waals surface area contributed by atoms with Crippen LogP contribution in [-0.4, -0.2) is 55.5 Å². The number of carbonyl (C=O) groups is 1. The molecule has 2 rings (SSSR count). The molecule has 25 heavy (non-hydrogen) atoms. The number of sulfonamides is 1. The SMILES string of the molecule is C=CCOC1CCN(S(=O)(=O)CC(NC(=O)O)c2ccccc2)CC1. The van der Waals surface area contributed by atoms with Gasteiger partial charge in [0.15, 0.2) is 0 Å². The Kier molecular flexibility index (Phi) is 6.98. The summed E-state index contributed by atoms with van der Waals surface area (Å²) >= 11 is 0. The number of carboxylic acid groups (broad SMARTS) is 1. The minimum Gasteiger partial charge on any atom is -0.465 e. The number of ether oxygens (including phenoxy) is 1. The molecule has 0 radical (unpaired) electrons. The van der Waals surface area contributed by atoms with E-state index in [2.05, 4.69) is 11.9 Å². The average Bonchev–Trinajstić information content (AvgIpc) is 2.60. The molecule has 1 aromatic rings. The molecule has 2 N–H and O–H groups in total. The number of hydrogen-bond donors (Lipinski definition) is 2. The smallest absolute Gasteiger partial charge is 0.405 e. The van der Waals surface area contributed by atoms with E-state index in [9.17, 15) is 13.2 Å². The normalized spacial score (nSPS) is 17.8. The van der Waals surface area contributed by atoms with Crippen LogP contribution in [0.5, 0.6) is 0 Å². The fourth-order valence-corrected chi connectivity index (χ4v) is 4.53. The van der Waals surface area contributed by atoms with Gasteiger partial charge in [0.1, 0.15) is 0 Å². The van der Waals surface area contributed by atoms with Crippen molar-refractivity contribution in [1.29, 1.82) is 0 Å². The fourth-order valence-electron chi connectivity index (χ4n) is 2.85. The van der Waals surface area contributed by atoms with Crippen molar-refractivity contribution in [3.05, 3.63) is 48.6 Å². The van der Waals surface area contributed by atoms with Gasteiger partial charge in [0.05, 0.1) is 24.5 Å². The molecule has 0 aromatic heterocycles. The van der Waals surface area contributed by atoms with Crippen molar-refractivity contribution < 1.29 is 23.1 Å². The van der Waals surface area contributed by atoms with Crippen LogP contribution in [0.1, 0.15) is 24.4 Å². The monoisotopic (exact) mass is 368 g/mol. The lowest BCUT2D eigenvalue weighted by molar-refractivity contribution is 0.0381. The number of nitrogens with zero attached hydrogens (tertiary/aromatic N) is 1. The van der Waals surface area contributed by atoms with Gasteiger partial charge in [0.25, 0.3) is 0 Å². The van der Waals surface area contributed by atoms with Crippen molar-refractivity contribution >= 4 is 16.1 Å². The number of benzene rings is 1. The third-order valence-corrected chi connectivity index (χ3v) is 6.03. The second kappa shape index (κ2) is 8.98. The van der Waals surface area contributed by atoms with E-state index in [0.717, 1.165) is 0 Å². The lowest BCUT2D eigenvalue weighted by Crippen LogP contribution is -2.44. The molecule has 1 atom stereocenters. The average molecular weight is 368 g/mol. The summed E-state index contributed by atoms with van der Waals surface area (Å²) < 4.78 is 32.4. The molecule has 1 heterocycles. The zero-order valence-corrected chi connectivity index (χ0v) is 14.8. The van der Waals surface area contributed by atoms with Crippen molar-refractivity contribution in [1.82, 2.24) is 9.62 Å². The van der Waals surface area contributed by atoms with Gasteiger partial charge < -0.3 is 15.2 Å². The first-order valence-electron chi connectivity index (χ1n) is 8.17. The van der Waals surface area contributed by atoms with E-state index in [0.29, 0.717) is 38.1 Å². The van der Waals surface area contributed by atoms with Crippen LogP contribution in [0.2, 0.25) is 0 Å². The van der Waals surface area contributed by atoms with E-state index < -0.39 is 22.2 Å². The van der Waals surface area contributed by atoms with Crippen LogP contribution in [0.3, 0.4) is 0 Å². The van der Waals surface area contributed by atoms with E-state index in [1.807, 2.05) is 0 Å². The first kappa shape index (κ1) is 19.4. The predicted octanol–water partition coefficient (Wildman–Crippen LogP) is 1.99. The summed E-state index contributed by atoms with van der Waals surface area (Å²) in [5.74, 6) is -0.304. The Morgan fingerprint density at radius 3 is 2.56 bits per heavy atom. The largest absolute Gasteiger partial charge is 0.465 e. The predicted molar refractivity (Wildman–Crippen MR) is 94.9 cm³/mol. The minimum absolute atomic E-state index is 0.0338. The Hall–Kier alpha value is -1.90. The molecular formula is C17H24N2O5S. The van der Waals surface area contributed by atoms with Gasteiger partial charge in [-0.1, -0.05) is 36.4 Å². The first-order chi connectivity index (χ1) is 11.9. The zero-order chi connectivity index (χ0) is 18.3. The van der Waals surface area contributed by atoms with Gasteiger partial charge in [-0.2, -0.15) is 0 Å². The standard InChI is InChI=1S/C17H24N2O5S/c1-2-12-24-15-8-10-19(11-9-15)25(22,23)13-16(18-17(20)21)14-6-4-3-5-7-14/h2-7,15-16,18H,1,8-13H2,(H,20,21). The van der Waals surface area contributed by atoms with Crippen molar-refractivity contribution in [2.24, 2.45) is 0 Å². The highest BCUT2D eigenvalue weighted by Gasteiger charge is 2.31. The Morgan fingerprint density at radius 2 is 2.00 bits per heavy atom. The lowest BCUT2D eigenvalue weighted by Gasteiger charge is -2.32. The van der Waals surface area contributed by atoms with Gasteiger partial charge in [-0.3, -0.25) is 0 Å². The molecule has 1 aliphatic heterocycles. The quantitative estimate of drug-likeness (QED) is 0.684. The maximum absolute atomic E-state index is 12.7. The summed E-state index contributed by atoms with van der Waals surface area (Å²) in [5, 5.41) is 11.3. The van der Waals surface area contributed by atoms with Gasteiger partial charge in [-0.05, 0) is 18.4 Å². The molecule has 1 unspecified atom stereocenters. The molecule has 1 fully saturated rings. The molecule has 138 valence electrons. The number of nitrogens with one attached hydrogen (secondary N) is 1. The topological polar surface area (TPSA) is 95.9 Å². The number of hydrogen-bond acceptors (Lipinski definition) is 4. The van der Waals surface area contributed by atoms with Gasteiger partial charge in [-0.25, -0.2) is 17.5 Å². The van der Waals surface area contributed by atoms with E-state index in [1.165, 1.54) is 4.31 Å². The summed E-state index contributed by atoms with van der Waals surface area (Å²) in [5.41, 5.74) is 0.623. The highest BCUT2D eigenvalue weighted by molar-refractivity contribution is 7.89. The Morgan fingerprint density at radius 1 is 1.36 bits per heavy atom. The molecule has 1 saturated heterocycles. The van der Waals surface area contributed by atoms with E-state index in [1.54, 1.807) is 36.4 Å². The molecule has 7 nitrogen and oxygen atoms in total. The molecule has 1 aromatic carbocycles. The van der Waals surface area contributed by atoms with Crippen molar-refractivity contribution in [3.63, 3.8) is 0 Å². The lowest BCUT2D eigenvalue weighted by atomic mass is 10.1. The number of rotatable bonds is 8. The number of piperidine rings is 1. The third-order valence-electron chi connectivity index (χ3n) is 4.12. The van der Waals surface area contributed by atoms with Crippen LogP contribution in [0.4, 0.5) is 4.79 Å². The Bertz CT molecular complexity index is 670. The first-order valence-corrected chi connectivity index (χ1v) is 9.78. The molecule has 0 saturated carbocycles. The number of amides is 1. The van der Waals surface area contributed by atoms with Crippen molar-refractivity contribution in [3.8, 4) is 0 Å². The van der Waals surface area contributed by atoms with Gasteiger partial charge in [-0.15, -0.1) is 6.58 Å². The molecule has 0 bridgehead atoms. The molecule has 1 aliphatic rings. The van der Waals surface area contributed by atoms with Crippen LogP contribution < -0.4 is 5.32 Å². The molecule has 8 heteroatoms. The summed E-state index contributed by atoms with van der Waals surface area (Å²) in [7, 11) is -3.59. The highest BCUT2D eigenvalue weighted by atomic mass is 32.2. The maximum atomic E-state index is 12.7. The van der Waals surface area contributed by atoms with Crippen LogP contribution in [0.15, 0.2) is 43.0 Å². The minimum atomic E-state index is -3.59. The van der Waals surface area contributed by atoms with E-state index in [4.69, 9.17) is 9.84 Å². The summed E-state index contributed by atoms with van der Waals surface area (Å²) in [6.45, 7) is 4.80. The molecule has 0 aliphatic carbocycles. The molecule has 0 spiro atoms. The van der Waals surface area contributed by atoms with Crippen LogP contribution in [-0.2, 0) is 14.8 Å². The Labute approximate surface area is 148 Å². The highest BCUT2D eigenvalue weighted by Crippen LogP contribution is 2.21. The fraction of sp³-hybridized carbons (Fsp3) is 0.471. The zero-order valence-electron chi connectivity index (χ0n) is 14.0. The van der Waals surface area contributed by atoms with Crippen LogP contribution in [0.25, 0.3) is 0 Å². The van der Waals surface area contributed by atoms with Crippen LogP contribution >= 0.6 is 0 Å². The van der Waals surface area contributed by atoms with Crippen molar-refractivity contribution in [2.75, 3.05) is 25.4 Å². The van der Waals surface area contributed by atoms with E-state index in [-0.39, 0.29) is 11.9 Å². The second-order valence-corrected chi connectivity index (χ2v) is 7.93. The van der Waals surface area contributed by atoms with Crippen molar-refractivity contribution in [2.45, 2.75) is 25.0 Å². The summed E-state index contributed by atoms with van der Waals surface area (Å²) in [6, 6.07) is 7.92. The molecular weight excluding hydrogens is 344 g/mol. The van der Waals surface area contributed by atoms with Crippen LogP contribution in [0, 0.1) is 0 Å².